The van der Waals surface area contributed by atoms with E-state index >= 15 is 0 Å². The minimum atomic E-state index is -0.427. The molecule has 0 aliphatic carbocycles. The molecule has 5 aromatic rings. The van der Waals surface area contributed by atoms with Gasteiger partial charge in [0.15, 0.2) is 14.8 Å². The fourth-order valence-corrected chi connectivity index (χ4v) is 6.12. The van der Waals surface area contributed by atoms with Crippen LogP contribution < -0.4 is 5.56 Å². The van der Waals surface area contributed by atoms with Crippen LogP contribution >= 0.6 is 46.9 Å². The zero-order chi connectivity index (χ0) is 25.2. The molecule has 0 aliphatic rings. The summed E-state index contributed by atoms with van der Waals surface area (Å²) in [5.74, 6) is 0.379. The van der Waals surface area contributed by atoms with E-state index in [-0.39, 0.29) is 11.2 Å². The van der Waals surface area contributed by atoms with Crippen LogP contribution in [0.3, 0.4) is 0 Å². The second-order valence-electron chi connectivity index (χ2n) is 7.82. The molecular formula is C25H17ClN4O3S3. The summed E-state index contributed by atoms with van der Waals surface area (Å²) in [5, 5.41) is 12.1. The molecule has 0 N–H and O–H groups in total. The Morgan fingerprint density at radius 1 is 1.03 bits per heavy atom. The second-order valence-corrected chi connectivity index (χ2v) is 10.8. The maximum Gasteiger partial charge on any atom is 0.278 e. The first kappa shape index (κ1) is 24.4. The van der Waals surface area contributed by atoms with E-state index in [2.05, 4.69) is 0 Å². The minimum Gasteiger partial charge on any atom is -0.303 e. The highest BCUT2D eigenvalue weighted by molar-refractivity contribution is 7.98. The lowest BCUT2D eigenvalue weighted by atomic mass is 10.2. The minimum absolute atomic E-state index is 0.0121. The standard InChI is InChI=1S/C25H17ClN4O3S3/c26-18-9-5-10-19(13-18)29-23(31)21-22(28(25(34)36-21)14-16-6-2-1-3-7-16)27-24(29)35-15-17-8-4-11-20(12-17)30(32)33/h1-13H,14-15H2. The molecule has 7 nitrogen and oxygen atoms in total. The lowest BCUT2D eigenvalue weighted by Gasteiger charge is -2.13. The molecule has 0 aliphatic heterocycles. The Bertz CT molecular complexity index is 1710. The highest BCUT2D eigenvalue weighted by Crippen LogP contribution is 2.29. The lowest BCUT2D eigenvalue weighted by Crippen LogP contribution is -2.21. The molecule has 0 atom stereocenters. The van der Waals surface area contributed by atoms with Gasteiger partial charge in [0, 0.05) is 22.9 Å². The largest absolute Gasteiger partial charge is 0.303 e. The fraction of sp³-hybridized carbons (Fsp3) is 0.0800. The molecule has 0 saturated carbocycles. The molecular weight excluding hydrogens is 536 g/mol. The number of non-ortho nitro benzene ring substituents is 1. The predicted molar refractivity (Wildman–Crippen MR) is 147 cm³/mol. The number of halogens is 1. The molecule has 0 amide bonds. The monoisotopic (exact) mass is 552 g/mol. The molecule has 2 aromatic heterocycles. The van der Waals surface area contributed by atoms with Crippen LogP contribution in [0.4, 0.5) is 5.69 Å². The molecule has 11 heteroatoms. The molecule has 0 fully saturated rings. The highest BCUT2D eigenvalue weighted by atomic mass is 35.5. The maximum absolute atomic E-state index is 13.8. The van der Waals surface area contributed by atoms with Gasteiger partial charge >= 0.3 is 0 Å². The summed E-state index contributed by atoms with van der Waals surface area (Å²) in [6, 6.07) is 23.3. The van der Waals surface area contributed by atoms with Crippen molar-refractivity contribution in [2.24, 2.45) is 0 Å². The van der Waals surface area contributed by atoms with Crippen molar-refractivity contribution in [3.63, 3.8) is 0 Å². The van der Waals surface area contributed by atoms with Gasteiger partial charge in [0.05, 0.1) is 17.2 Å². The van der Waals surface area contributed by atoms with Crippen molar-refractivity contribution in [1.82, 2.24) is 14.1 Å². The Morgan fingerprint density at radius 3 is 2.53 bits per heavy atom. The van der Waals surface area contributed by atoms with E-state index in [1.54, 1.807) is 30.3 Å². The number of thioether (sulfide) groups is 1. The molecule has 0 radical (unpaired) electrons. The third kappa shape index (κ3) is 4.98. The Labute approximate surface area is 223 Å². The number of hydrogen-bond donors (Lipinski definition) is 0. The molecule has 0 unspecified atom stereocenters. The average molecular weight is 553 g/mol. The molecule has 0 bridgehead atoms. The van der Waals surface area contributed by atoms with Gasteiger partial charge in [-0.1, -0.05) is 83.2 Å². The summed E-state index contributed by atoms with van der Waals surface area (Å²) in [5.41, 5.74) is 2.65. The van der Waals surface area contributed by atoms with Gasteiger partial charge in [-0.15, -0.1) is 0 Å². The average Bonchev–Trinajstić information content (AvgIpc) is 3.19. The van der Waals surface area contributed by atoms with E-state index < -0.39 is 4.92 Å². The van der Waals surface area contributed by atoms with Crippen LogP contribution in [0, 0.1) is 14.1 Å². The van der Waals surface area contributed by atoms with Crippen LogP contribution in [0.15, 0.2) is 88.8 Å². The summed E-state index contributed by atoms with van der Waals surface area (Å²) < 4.78 is 4.40. The van der Waals surface area contributed by atoms with E-state index in [0.29, 0.717) is 42.5 Å². The summed E-state index contributed by atoms with van der Waals surface area (Å²) >= 11 is 14.4. The number of nitrogens with zero attached hydrogens (tertiary/aromatic N) is 4. The van der Waals surface area contributed by atoms with Crippen LogP contribution in [0.2, 0.25) is 5.02 Å². The molecule has 2 heterocycles. The van der Waals surface area contributed by atoms with Gasteiger partial charge in [0.2, 0.25) is 0 Å². The van der Waals surface area contributed by atoms with E-state index in [1.165, 1.54) is 39.8 Å². The number of nitro groups is 1. The normalized spacial score (nSPS) is 11.1. The summed E-state index contributed by atoms with van der Waals surface area (Å²) in [7, 11) is 0. The number of hydrogen-bond acceptors (Lipinski definition) is 7. The zero-order valence-corrected chi connectivity index (χ0v) is 21.7. The molecule has 0 saturated heterocycles. The second kappa shape index (κ2) is 10.4. The van der Waals surface area contributed by atoms with Crippen LogP contribution in [0.1, 0.15) is 11.1 Å². The van der Waals surface area contributed by atoms with Gasteiger partial charge in [0.1, 0.15) is 4.70 Å². The van der Waals surface area contributed by atoms with Crippen molar-refractivity contribution in [2.75, 3.05) is 0 Å². The van der Waals surface area contributed by atoms with E-state index in [4.69, 9.17) is 28.8 Å². The highest BCUT2D eigenvalue weighted by Gasteiger charge is 2.19. The SMILES string of the molecule is O=c1c2sc(=S)n(Cc3ccccc3)c2nc(SCc2cccc([N+](=O)[O-])c2)n1-c1cccc(Cl)c1. The van der Waals surface area contributed by atoms with E-state index in [9.17, 15) is 14.9 Å². The summed E-state index contributed by atoms with van der Waals surface area (Å²) in [4.78, 5) is 29.4. The van der Waals surface area contributed by atoms with Crippen LogP contribution in [-0.4, -0.2) is 19.0 Å². The number of fused-ring (bicyclic) bond motifs is 1. The van der Waals surface area contributed by atoms with Crippen molar-refractivity contribution >= 4 is 63.0 Å². The van der Waals surface area contributed by atoms with Gasteiger partial charge in [-0.3, -0.25) is 19.5 Å². The first-order valence-corrected chi connectivity index (χ1v) is 13.3. The van der Waals surface area contributed by atoms with Crippen LogP contribution in [-0.2, 0) is 12.3 Å². The molecule has 5 rings (SSSR count). The van der Waals surface area contributed by atoms with Crippen LogP contribution in [0.25, 0.3) is 16.0 Å². The summed E-state index contributed by atoms with van der Waals surface area (Å²) in [6.07, 6.45) is 0. The fourth-order valence-electron chi connectivity index (χ4n) is 3.73. The Kier molecular flexibility index (Phi) is 7.01. The molecule has 36 heavy (non-hydrogen) atoms. The van der Waals surface area contributed by atoms with Crippen molar-refractivity contribution in [3.05, 3.63) is 119 Å². The van der Waals surface area contributed by atoms with Gasteiger partial charge in [-0.2, -0.15) is 0 Å². The number of rotatable bonds is 7. The molecule has 180 valence electrons. The lowest BCUT2D eigenvalue weighted by molar-refractivity contribution is -0.384. The predicted octanol–water partition coefficient (Wildman–Crippen LogP) is 6.88. The smallest absolute Gasteiger partial charge is 0.278 e. The number of aromatic nitrogens is 3. The first-order chi connectivity index (χ1) is 17.4. The zero-order valence-electron chi connectivity index (χ0n) is 18.5. The maximum atomic E-state index is 13.8. The van der Waals surface area contributed by atoms with Crippen molar-refractivity contribution in [1.29, 1.82) is 0 Å². The quantitative estimate of drug-likeness (QED) is 0.0719. The Hall–Kier alpha value is -3.31. The van der Waals surface area contributed by atoms with Crippen LogP contribution in [0.5, 0.6) is 0 Å². The third-order valence-corrected chi connectivity index (χ3v) is 8.07. The van der Waals surface area contributed by atoms with Gasteiger partial charge in [0.25, 0.3) is 11.2 Å². The van der Waals surface area contributed by atoms with Gasteiger partial charge in [-0.25, -0.2) is 4.98 Å². The van der Waals surface area contributed by atoms with Gasteiger partial charge in [-0.05, 0) is 41.5 Å². The molecule has 3 aromatic carbocycles. The number of benzene rings is 3. The van der Waals surface area contributed by atoms with Crippen molar-refractivity contribution in [3.8, 4) is 5.69 Å². The molecule has 0 spiro atoms. The topological polar surface area (TPSA) is 83.0 Å². The van der Waals surface area contributed by atoms with E-state index in [1.807, 2.05) is 41.0 Å². The van der Waals surface area contributed by atoms with Gasteiger partial charge < -0.3 is 4.57 Å². The first-order valence-electron chi connectivity index (χ1n) is 10.7. The van der Waals surface area contributed by atoms with Crippen molar-refractivity contribution < 1.29 is 4.92 Å². The van der Waals surface area contributed by atoms with Crippen molar-refractivity contribution in [2.45, 2.75) is 17.5 Å². The van der Waals surface area contributed by atoms with E-state index in [0.717, 1.165) is 11.1 Å². The Morgan fingerprint density at radius 2 is 1.78 bits per heavy atom. The number of thiazole rings is 1. The third-order valence-electron chi connectivity index (χ3n) is 5.40. The number of nitro benzene ring substituents is 1. The summed E-state index contributed by atoms with van der Waals surface area (Å²) in [6.45, 7) is 0.488. The Balaban J connectivity index is 1.65.